The predicted octanol–water partition coefficient (Wildman–Crippen LogP) is 11.8. The van der Waals surface area contributed by atoms with Crippen molar-refractivity contribution in [2.45, 2.75) is 212 Å². The molecule has 0 N–H and O–H groups in total. The molecule has 0 saturated heterocycles. The second-order valence-corrected chi connectivity index (χ2v) is 13.2. The predicted molar refractivity (Wildman–Crippen MR) is 190 cm³/mol. The summed E-state index contributed by atoms with van der Waals surface area (Å²) in [5.74, 6) is -0.605. The molecule has 0 unspecified atom stereocenters. The molecule has 0 rings (SSSR count). The fourth-order valence-corrected chi connectivity index (χ4v) is 6.03. The number of rotatable bonds is 23. The zero-order valence-electron chi connectivity index (χ0n) is 31.7. The summed E-state index contributed by atoms with van der Waals surface area (Å²) in [6.07, 6.45) is 19.0. The van der Waals surface area contributed by atoms with Gasteiger partial charge in [0, 0.05) is 32.1 Å². The van der Waals surface area contributed by atoms with E-state index in [-0.39, 0.29) is 61.0 Å². The highest BCUT2D eigenvalue weighted by atomic mass is 16.1. The second kappa shape index (κ2) is 32.7. The Hall–Kier alpha value is -1.65. The fraction of sp³-hybridized carbons (Fsp3) is 0.872. The highest BCUT2D eigenvalue weighted by Gasteiger charge is 2.53. The first kappa shape index (κ1) is 49.2. The van der Waals surface area contributed by atoms with Gasteiger partial charge in [0.15, 0.2) is 0 Å². The number of hydrogen-bond donors (Lipinski definition) is 0. The standard InChI is InChI=1S/C21H34O5.3C6H14/c1-7-8-9-20(10-15(2)22,11-16(3)23)21(12-17(4)24,13-18(5)25)14-19(6)26;3*1-3-5-6-4-2/h7-14H2,1-6H3;3*3-6H2,1-2H3. The van der Waals surface area contributed by atoms with E-state index in [9.17, 15) is 24.0 Å². The molecule has 44 heavy (non-hydrogen) atoms. The van der Waals surface area contributed by atoms with E-state index >= 15 is 0 Å². The van der Waals surface area contributed by atoms with Gasteiger partial charge < -0.3 is 24.0 Å². The van der Waals surface area contributed by atoms with Gasteiger partial charge in [-0.1, -0.05) is 138 Å². The van der Waals surface area contributed by atoms with Gasteiger partial charge in [-0.25, -0.2) is 0 Å². The first-order valence-electron chi connectivity index (χ1n) is 18.1. The first-order valence-corrected chi connectivity index (χ1v) is 18.1. The quantitative estimate of drug-likeness (QED) is 0.106. The number of ketones is 5. The highest BCUT2D eigenvalue weighted by Crippen LogP contribution is 2.56. The van der Waals surface area contributed by atoms with Gasteiger partial charge in [-0.15, -0.1) is 0 Å². The van der Waals surface area contributed by atoms with Crippen LogP contribution < -0.4 is 0 Å². The molecule has 262 valence electrons. The van der Waals surface area contributed by atoms with Crippen LogP contribution >= 0.6 is 0 Å². The highest BCUT2D eigenvalue weighted by molar-refractivity contribution is 5.86. The molecule has 0 atom stereocenters. The average molecular weight is 625 g/mol. The van der Waals surface area contributed by atoms with E-state index in [1.54, 1.807) is 0 Å². The molecule has 0 aliphatic carbocycles. The molecule has 0 aliphatic rings. The van der Waals surface area contributed by atoms with Gasteiger partial charge in [-0.3, -0.25) is 0 Å². The minimum absolute atomic E-state index is 0.0242. The maximum Gasteiger partial charge on any atom is 0.130 e. The van der Waals surface area contributed by atoms with Gasteiger partial charge in [0.2, 0.25) is 0 Å². The van der Waals surface area contributed by atoms with Gasteiger partial charge >= 0.3 is 0 Å². The second-order valence-electron chi connectivity index (χ2n) is 13.2. The van der Waals surface area contributed by atoms with Crippen LogP contribution in [0.25, 0.3) is 0 Å². The molecular formula is C39H76O5. The molecule has 0 bridgehead atoms. The first-order chi connectivity index (χ1) is 20.6. The van der Waals surface area contributed by atoms with Crippen molar-refractivity contribution in [1.82, 2.24) is 0 Å². The van der Waals surface area contributed by atoms with Crippen molar-refractivity contribution in [3.63, 3.8) is 0 Å². The normalized spacial score (nSPS) is 10.7. The van der Waals surface area contributed by atoms with E-state index in [1.807, 2.05) is 6.92 Å². The lowest BCUT2D eigenvalue weighted by molar-refractivity contribution is -0.143. The molecule has 0 fully saturated rings. The molecule has 5 nitrogen and oxygen atoms in total. The molecule has 0 radical (unpaired) electrons. The Morgan fingerprint density at radius 1 is 0.318 bits per heavy atom. The molecular weight excluding hydrogens is 548 g/mol. The number of unbranched alkanes of at least 4 members (excludes halogenated alkanes) is 10. The van der Waals surface area contributed by atoms with Crippen molar-refractivity contribution < 1.29 is 24.0 Å². The van der Waals surface area contributed by atoms with Crippen LogP contribution in [0.1, 0.15) is 212 Å². The van der Waals surface area contributed by atoms with Crippen molar-refractivity contribution in [1.29, 1.82) is 0 Å². The molecule has 0 amide bonds. The number of hydrogen-bond acceptors (Lipinski definition) is 5. The molecule has 0 aromatic carbocycles. The minimum Gasteiger partial charge on any atom is -0.300 e. The van der Waals surface area contributed by atoms with Crippen molar-refractivity contribution in [3.05, 3.63) is 0 Å². The number of carbonyl (C=O) groups excluding carboxylic acids is 5. The summed E-state index contributed by atoms with van der Waals surface area (Å²) in [6, 6.07) is 0. The van der Waals surface area contributed by atoms with Crippen LogP contribution in [0.3, 0.4) is 0 Å². The fourth-order valence-electron chi connectivity index (χ4n) is 6.03. The smallest absolute Gasteiger partial charge is 0.130 e. The summed E-state index contributed by atoms with van der Waals surface area (Å²) >= 11 is 0. The van der Waals surface area contributed by atoms with E-state index in [0.29, 0.717) is 6.42 Å². The maximum atomic E-state index is 12.1. The zero-order valence-corrected chi connectivity index (χ0v) is 31.7. The number of carbonyl (C=O) groups is 5. The van der Waals surface area contributed by atoms with Crippen LogP contribution in [0.2, 0.25) is 0 Å². The Kier molecular flexibility index (Phi) is 36.6. The van der Waals surface area contributed by atoms with Crippen LogP contribution in [-0.4, -0.2) is 28.9 Å². The van der Waals surface area contributed by atoms with E-state index in [0.717, 1.165) is 12.8 Å². The lowest BCUT2D eigenvalue weighted by atomic mass is 9.51. The van der Waals surface area contributed by atoms with E-state index in [2.05, 4.69) is 41.5 Å². The lowest BCUT2D eigenvalue weighted by Crippen LogP contribution is -2.48. The summed E-state index contributed by atoms with van der Waals surface area (Å²) in [6.45, 7) is 22.6. The Morgan fingerprint density at radius 3 is 0.659 bits per heavy atom. The third-order valence-corrected chi connectivity index (χ3v) is 7.94. The van der Waals surface area contributed by atoms with Crippen molar-refractivity contribution in [2.75, 3.05) is 0 Å². The maximum absolute atomic E-state index is 12.1. The molecule has 0 saturated carbocycles. The van der Waals surface area contributed by atoms with Crippen LogP contribution in [-0.2, 0) is 24.0 Å². The van der Waals surface area contributed by atoms with Gasteiger partial charge in [0.25, 0.3) is 0 Å². The van der Waals surface area contributed by atoms with Crippen LogP contribution in [0.15, 0.2) is 0 Å². The monoisotopic (exact) mass is 625 g/mol. The van der Waals surface area contributed by atoms with Crippen LogP contribution in [0.5, 0.6) is 0 Å². The van der Waals surface area contributed by atoms with E-state index < -0.39 is 10.8 Å². The summed E-state index contributed by atoms with van der Waals surface area (Å²) in [5, 5.41) is 0. The SMILES string of the molecule is CCCCC(CC(C)=O)(CC(C)=O)C(CC(C)=O)(CC(C)=O)CC(C)=O.CCCCCC.CCCCCC.CCCCCC. The third kappa shape index (κ3) is 29.1. The molecule has 0 aromatic rings. The van der Waals surface area contributed by atoms with E-state index in [4.69, 9.17) is 0 Å². The molecule has 0 heterocycles. The molecule has 0 aliphatic heterocycles. The van der Waals surface area contributed by atoms with Gasteiger partial charge in [-0.2, -0.15) is 0 Å². The summed E-state index contributed by atoms with van der Waals surface area (Å²) < 4.78 is 0. The van der Waals surface area contributed by atoms with Crippen molar-refractivity contribution in [3.8, 4) is 0 Å². The zero-order chi connectivity index (χ0) is 35.0. The Balaban J connectivity index is -0.000000357. The minimum atomic E-state index is -0.997. The third-order valence-electron chi connectivity index (χ3n) is 7.94. The van der Waals surface area contributed by atoms with Gasteiger partial charge in [-0.05, 0) is 51.9 Å². The molecule has 0 aromatic heterocycles. The summed E-state index contributed by atoms with van der Waals surface area (Å²) in [5.41, 5.74) is -1.85. The molecule has 0 spiro atoms. The van der Waals surface area contributed by atoms with Crippen molar-refractivity contribution >= 4 is 28.9 Å². The largest absolute Gasteiger partial charge is 0.300 e. The summed E-state index contributed by atoms with van der Waals surface area (Å²) in [4.78, 5) is 60.6. The molecule has 5 heteroatoms. The Morgan fingerprint density at radius 2 is 0.500 bits per heavy atom. The average Bonchev–Trinajstić information content (AvgIpc) is 2.91. The Bertz CT molecular complexity index is 649. The van der Waals surface area contributed by atoms with Crippen molar-refractivity contribution in [2.24, 2.45) is 10.8 Å². The van der Waals surface area contributed by atoms with Crippen LogP contribution in [0.4, 0.5) is 0 Å². The van der Waals surface area contributed by atoms with Gasteiger partial charge in [0.1, 0.15) is 28.9 Å². The topological polar surface area (TPSA) is 85.3 Å². The lowest BCUT2D eigenvalue weighted by Gasteiger charge is -2.50. The van der Waals surface area contributed by atoms with Crippen LogP contribution in [0, 0.1) is 10.8 Å². The summed E-state index contributed by atoms with van der Waals surface area (Å²) in [7, 11) is 0. The number of Topliss-reactive ketones (excluding diaryl/α,β-unsaturated/α-hetero) is 5. The van der Waals surface area contributed by atoms with E-state index in [1.165, 1.54) is 112 Å². The van der Waals surface area contributed by atoms with Gasteiger partial charge in [0.05, 0.1) is 0 Å². The Labute approximate surface area is 274 Å².